The predicted molar refractivity (Wildman–Crippen MR) is 222 cm³/mol. The number of nitrogens with one attached hydrogen (secondary N) is 1. The molecule has 0 aromatic rings. The van der Waals surface area contributed by atoms with E-state index >= 15 is 0 Å². The molecule has 7 nitrogen and oxygen atoms in total. The molecule has 0 aliphatic rings. The number of hydrogen-bond donors (Lipinski definition) is 4. The van der Waals surface area contributed by atoms with Crippen molar-refractivity contribution < 1.29 is 28.0 Å². The van der Waals surface area contributed by atoms with Gasteiger partial charge in [0.05, 0.1) is 17.9 Å². The minimum Gasteiger partial charge on any atom is -0.387 e. The molecule has 0 bridgehead atoms. The molecule has 1 amide bonds. The largest absolute Gasteiger partial charge is 0.387 e. The van der Waals surface area contributed by atoms with Crippen LogP contribution in [0.3, 0.4) is 0 Å². The monoisotopic (exact) mass is 756 g/mol. The van der Waals surface area contributed by atoms with E-state index in [9.17, 15) is 28.0 Å². The molecule has 0 heterocycles. The van der Waals surface area contributed by atoms with E-state index in [1.807, 2.05) is 0 Å². The normalized spacial score (nSPS) is 14.0. The van der Waals surface area contributed by atoms with E-state index in [0.717, 1.165) is 32.1 Å². The van der Waals surface area contributed by atoms with Crippen LogP contribution in [0.2, 0.25) is 0 Å². The van der Waals surface area contributed by atoms with Crippen molar-refractivity contribution in [1.82, 2.24) is 5.32 Å². The van der Waals surface area contributed by atoms with Gasteiger partial charge in [-0.25, -0.2) is 0 Å². The lowest BCUT2D eigenvalue weighted by atomic mass is 10.0. The Morgan fingerprint density at radius 3 is 1.27 bits per heavy atom. The lowest BCUT2D eigenvalue weighted by Gasteiger charge is -2.22. The highest BCUT2D eigenvalue weighted by Gasteiger charge is 2.27. The van der Waals surface area contributed by atoms with Crippen LogP contribution in [0.15, 0.2) is 24.3 Å². The molecule has 0 radical (unpaired) electrons. The van der Waals surface area contributed by atoms with Crippen LogP contribution in [0.1, 0.15) is 226 Å². The Kier molecular flexibility index (Phi) is 37.2. The third kappa shape index (κ3) is 37.1. The van der Waals surface area contributed by atoms with Gasteiger partial charge >= 0.3 is 0 Å². The van der Waals surface area contributed by atoms with Gasteiger partial charge in [-0.15, -0.1) is 0 Å². The summed E-state index contributed by atoms with van der Waals surface area (Å²) in [5, 5.41) is 23.4. The van der Waals surface area contributed by atoms with Crippen LogP contribution >= 0.6 is 0 Å². The van der Waals surface area contributed by atoms with Crippen molar-refractivity contribution in [3.8, 4) is 0 Å². The Balaban J connectivity index is 4.02. The fourth-order valence-corrected chi connectivity index (χ4v) is 7.56. The van der Waals surface area contributed by atoms with E-state index in [-0.39, 0.29) is 6.42 Å². The second kappa shape index (κ2) is 38.1. The first kappa shape index (κ1) is 50.8. The number of unbranched alkanes of at least 4 members (excludes halogenated alkanes) is 29. The summed E-state index contributed by atoms with van der Waals surface area (Å²) in [5.74, 6) is -1.55. The Labute approximate surface area is 322 Å². The summed E-state index contributed by atoms with van der Waals surface area (Å²) >= 11 is 0. The van der Waals surface area contributed by atoms with Crippen molar-refractivity contribution in [2.24, 2.45) is 0 Å². The zero-order valence-corrected chi connectivity index (χ0v) is 34.9. The number of allylic oxidation sites excluding steroid dienone is 3. The second-order valence-electron chi connectivity index (χ2n) is 15.5. The summed E-state index contributed by atoms with van der Waals surface area (Å²) in [7, 11) is -4.45. The van der Waals surface area contributed by atoms with Gasteiger partial charge in [0.2, 0.25) is 5.91 Å². The minimum atomic E-state index is -4.45. The zero-order valence-electron chi connectivity index (χ0n) is 34.1. The maximum Gasteiger partial charge on any atom is 0.267 e. The molecule has 8 heteroatoms. The predicted octanol–water partition coefficient (Wildman–Crippen LogP) is 12.1. The highest BCUT2D eigenvalue weighted by Crippen LogP contribution is 2.16. The van der Waals surface area contributed by atoms with Gasteiger partial charge in [-0.05, 0) is 32.1 Å². The topological polar surface area (TPSA) is 124 Å². The summed E-state index contributed by atoms with van der Waals surface area (Å²) in [6.45, 7) is 4.52. The lowest BCUT2D eigenvalue weighted by molar-refractivity contribution is -0.130. The average Bonchev–Trinajstić information content (AvgIpc) is 3.11. The maximum atomic E-state index is 12.6. The number of aliphatic hydroxyl groups is 2. The summed E-state index contributed by atoms with van der Waals surface area (Å²) < 4.78 is 32.6. The molecular formula is C44H85NO6S. The van der Waals surface area contributed by atoms with Crippen molar-refractivity contribution in [3.05, 3.63) is 24.3 Å². The van der Waals surface area contributed by atoms with Crippen molar-refractivity contribution in [1.29, 1.82) is 0 Å². The zero-order chi connectivity index (χ0) is 38.4. The van der Waals surface area contributed by atoms with Crippen LogP contribution in [0.25, 0.3) is 0 Å². The minimum absolute atomic E-state index is 0.278. The molecule has 0 spiro atoms. The van der Waals surface area contributed by atoms with Crippen molar-refractivity contribution in [2.45, 2.75) is 244 Å². The lowest BCUT2D eigenvalue weighted by Crippen LogP contribution is -2.50. The number of carbonyl (C=O) groups is 1. The van der Waals surface area contributed by atoms with Crippen LogP contribution in [0, 0.1) is 0 Å². The second-order valence-corrected chi connectivity index (χ2v) is 17.0. The Hall–Kier alpha value is -1.22. The number of rotatable bonds is 40. The number of hydrogen-bond acceptors (Lipinski definition) is 5. The summed E-state index contributed by atoms with van der Waals surface area (Å²) in [6, 6.07) is -1.25. The molecule has 52 heavy (non-hydrogen) atoms. The Bertz CT molecular complexity index is 937. The van der Waals surface area contributed by atoms with Gasteiger partial charge in [0.25, 0.3) is 10.1 Å². The van der Waals surface area contributed by atoms with Gasteiger partial charge in [-0.1, -0.05) is 218 Å². The quantitative estimate of drug-likeness (QED) is 0.0280. The summed E-state index contributed by atoms with van der Waals surface area (Å²) in [5.41, 5.74) is 0. The van der Waals surface area contributed by atoms with E-state index < -0.39 is 40.0 Å². The van der Waals surface area contributed by atoms with Crippen LogP contribution in [-0.2, 0) is 14.9 Å². The van der Waals surface area contributed by atoms with E-state index in [0.29, 0.717) is 12.8 Å². The van der Waals surface area contributed by atoms with Gasteiger partial charge in [0, 0.05) is 0 Å². The molecule has 308 valence electrons. The standard InChI is InChI=1S/C44H85NO6S/c1-3-5-7-9-11-13-15-17-19-21-22-23-25-26-28-30-32-34-36-38-42(46)41(40-52(49,50)51)45-44(48)43(47)39-37-35-33-31-29-27-24-20-18-16-14-12-10-8-6-4-2/h28,30,36,38,41-43,46-47H,3-27,29,31-35,37,39-40H2,1-2H3,(H,45,48)(H,49,50,51)/b30-28+,38-36+. The molecule has 0 aromatic carbocycles. The highest BCUT2D eigenvalue weighted by atomic mass is 32.2. The van der Waals surface area contributed by atoms with Crippen molar-refractivity contribution in [2.75, 3.05) is 5.75 Å². The van der Waals surface area contributed by atoms with E-state index in [1.54, 1.807) is 6.08 Å². The Morgan fingerprint density at radius 1 is 0.519 bits per heavy atom. The molecule has 0 rings (SSSR count). The van der Waals surface area contributed by atoms with Crippen LogP contribution in [-0.4, -0.2) is 53.1 Å². The van der Waals surface area contributed by atoms with Gasteiger partial charge in [-0.2, -0.15) is 8.42 Å². The van der Waals surface area contributed by atoms with Gasteiger partial charge in [0.1, 0.15) is 6.10 Å². The molecule has 0 aromatic heterocycles. The van der Waals surface area contributed by atoms with E-state index in [2.05, 4.69) is 31.3 Å². The average molecular weight is 756 g/mol. The number of aliphatic hydroxyl groups excluding tert-OH is 2. The number of amides is 1. The van der Waals surface area contributed by atoms with Crippen LogP contribution < -0.4 is 5.32 Å². The van der Waals surface area contributed by atoms with Gasteiger partial charge < -0.3 is 15.5 Å². The Morgan fingerprint density at radius 2 is 0.865 bits per heavy atom. The molecule has 0 aliphatic carbocycles. The molecule has 0 aliphatic heterocycles. The van der Waals surface area contributed by atoms with Crippen molar-refractivity contribution in [3.63, 3.8) is 0 Å². The fraction of sp³-hybridized carbons (Fsp3) is 0.886. The first-order valence-electron chi connectivity index (χ1n) is 22.1. The van der Waals surface area contributed by atoms with E-state index in [1.165, 1.54) is 167 Å². The summed E-state index contributed by atoms with van der Waals surface area (Å²) in [6.07, 6.45) is 45.2. The first-order chi connectivity index (χ1) is 25.2. The molecule has 3 atom stereocenters. The molecule has 0 fully saturated rings. The number of carbonyl (C=O) groups excluding carboxylic acids is 1. The van der Waals surface area contributed by atoms with Gasteiger partial charge in [0.15, 0.2) is 0 Å². The SMILES string of the molecule is CCCCCCCCCCCCCCC/C=C/CC/C=C/C(O)C(CS(=O)(=O)O)NC(=O)C(O)CCCCCCCCCCCCCCCCCC. The van der Waals surface area contributed by atoms with Crippen LogP contribution in [0.5, 0.6) is 0 Å². The fourth-order valence-electron chi connectivity index (χ4n) is 6.83. The van der Waals surface area contributed by atoms with Crippen molar-refractivity contribution >= 4 is 16.0 Å². The van der Waals surface area contributed by atoms with Crippen LogP contribution in [0.4, 0.5) is 0 Å². The third-order valence-electron chi connectivity index (χ3n) is 10.2. The molecule has 0 saturated carbocycles. The maximum absolute atomic E-state index is 12.6. The summed E-state index contributed by atoms with van der Waals surface area (Å²) in [4.78, 5) is 12.6. The molecule has 3 unspecified atom stereocenters. The smallest absolute Gasteiger partial charge is 0.267 e. The third-order valence-corrected chi connectivity index (χ3v) is 11.0. The van der Waals surface area contributed by atoms with Gasteiger partial charge in [-0.3, -0.25) is 9.35 Å². The molecule has 4 N–H and O–H groups in total. The first-order valence-corrected chi connectivity index (χ1v) is 23.8. The molecular weight excluding hydrogens is 671 g/mol. The molecule has 0 saturated heterocycles. The highest BCUT2D eigenvalue weighted by molar-refractivity contribution is 7.85. The van der Waals surface area contributed by atoms with E-state index in [4.69, 9.17) is 0 Å².